The maximum Gasteiger partial charge on any atom is 0.223 e. The number of rotatable bonds is 6. The van der Waals surface area contributed by atoms with Crippen LogP contribution in [0.2, 0.25) is 0 Å². The molecule has 0 aromatic heterocycles. The van der Waals surface area contributed by atoms with Crippen LogP contribution in [0.3, 0.4) is 0 Å². The van der Waals surface area contributed by atoms with Crippen LogP contribution in [0.1, 0.15) is 115 Å². The van der Waals surface area contributed by atoms with Crippen LogP contribution in [-0.2, 0) is 14.3 Å². The van der Waals surface area contributed by atoms with E-state index in [4.69, 9.17) is 9.47 Å². The molecule has 218 valence electrons. The van der Waals surface area contributed by atoms with Gasteiger partial charge in [0.1, 0.15) is 12.2 Å². The number of aliphatic hydroxyl groups excluding tert-OH is 3. The molecular weight excluding hydrogens is 470 g/mol. The van der Waals surface area contributed by atoms with Gasteiger partial charge in [-0.3, -0.25) is 4.79 Å². The summed E-state index contributed by atoms with van der Waals surface area (Å²) in [7, 11) is 0. The summed E-state index contributed by atoms with van der Waals surface area (Å²) >= 11 is 0. The van der Waals surface area contributed by atoms with Crippen molar-refractivity contribution in [2.24, 2.45) is 21.7 Å². The third kappa shape index (κ3) is 10.1. The second-order valence-corrected chi connectivity index (χ2v) is 16.2. The number of carbonyl (C=O) groups excluding carboxylic acids is 1. The van der Waals surface area contributed by atoms with Crippen molar-refractivity contribution >= 4 is 5.91 Å². The van der Waals surface area contributed by atoms with Gasteiger partial charge in [0.2, 0.25) is 5.91 Å². The Balaban J connectivity index is 2.28. The van der Waals surface area contributed by atoms with Crippen molar-refractivity contribution in [3.8, 4) is 0 Å². The van der Waals surface area contributed by atoms with Crippen LogP contribution in [0, 0.1) is 21.7 Å². The Labute approximate surface area is 226 Å². The summed E-state index contributed by atoms with van der Waals surface area (Å²) in [5.74, 6) is -0.0652. The largest absolute Gasteiger partial charge is 0.390 e. The van der Waals surface area contributed by atoms with Gasteiger partial charge in [-0.1, -0.05) is 69.2 Å². The van der Waals surface area contributed by atoms with E-state index in [9.17, 15) is 20.1 Å². The summed E-state index contributed by atoms with van der Waals surface area (Å²) in [6.07, 6.45) is -0.753. The van der Waals surface area contributed by atoms with Crippen LogP contribution in [0.25, 0.3) is 0 Å². The quantitative estimate of drug-likeness (QED) is 0.376. The van der Waals surface area contributed by atoms with Crippen LogP contribution < -0.4 is 5.32 Å². The molecule has 2 aliphatic rings. The first-order chi connectivity index (χ1) is 16.5. The molecule has 1 heterocycles. The third-order valence-electron chi connectivity index (χ3n) is 7.74. The molecule has 0 radical (unpaired) electrons. The Hall–Kier alpha value is -0.730. The molecule has 1 aliphatic heterocycles. The van der Waals surface area contributed by atoms with E-state index >= 15 is 0 Å². The molecule has 0 aromatic carbocycles. The molecule has 7 nitrogen and oxygen atoms in total. The van der Waals surface area contributed by atoms with Gasteiger partial charge in [0.15, 0.2) is 0 Å². The summed E-state index contributed by atoms with van der Waals surface area (Å²) in [5.41, 5.74) is -0.930. The zero-order chi connectivity index (χ0) is 28.6. The molecule has 1 amide bonds. The minimum absolute atomic E-state index is 0.00327. The van der Waals surface area contributed by atoms with Gasteiger partial charge in [-0.15, -0.1) is 0 Å². The highest BCUT2D eigenvalue weighted by Crippen LogP contribution is 2.44. The predicted octanol–water partition coefficient (Wildman–Crippen LogP) is 4.60. The van der Waals surface area contributed by atoms with Gasteiger partial charge < -0.3 is 30.1 Å². The molecule has 4 N–H and O–H groups in total. The minimum Gasteiger partial charge on any atom is -0.390 e. The summed E-state index contributed by atoms with van der Waals surface area (Å²) in [6.45, 7) is 24.0. The average molecular weight is 528 g/mol. The summed E-state index contributed by atoms with van der Waals surface area (Å²) < 4.78 is 13.1. The van der Waals surface area contributed by atoms with Gasteiger partial charge in [0, 0.05) is 0 Å². The molecule has 2 rings (SSSR count). The summed E-state index contributed by atoms with van der Waals surface area (Å²) in [4.78, 5) is 13.1. The molecule has 37 heavy (non-hydrogen) atoms. The first-order valence-corrected chi connectivity index (χ1v) is 14.1. The maximum atomic E-state index is 13.1. The SMILES string of the molecule is CC(C)(C)CC1(C)CC(=O)NC(COC2CC(C)(C)CC(O)C(O)C2O)CC(C(C)(C)CC(C)(C)C)O1. The van der Waals surface area contributed by atoms with Gasteiger partial charge in [-0.25, -0.2) is 0 Å². The zero-order valence-corrected chi connectivity index (χ0v) is 25.5. The molecule has 2 fully saturated rings. The van der Waals surface area contributed by atoms with Crippen molar-refractivity contribution in [3.63, 3.8) is 0 Å². The van der Waals surface area contributed by atoms with E-state index in [2.05, 4.69) is 67.6 Å². The van der Waals surface area contributed by atoms with Gasteiger partial charge in [-0.05, 0) is 60.7 Å². The lowest BCUT2D eigenvalue weighted by Gasteiger charge is -2.47. The highest BCUT2D eigenvalue weighted by Gasteiger charge is 2.46. The summed E-state index contributed by atoms with van der Waals surface area (Å²) in [5, 5.41) is 34.7. The monoisotopic (exact) mass is 527 g/mol. The van der Waals surface area contributed by atoms with Crippen LogP contribution >= 0.6 is 0 Å². The Kier molecular flexibility index (Phi) is 10.0. The highest BCUT2D eigenvalue weighted by molar-refractivity contribution is 5.77. The average Bonchev–Trinajstić information content (AvgIpc) is 2.70. The van der Waals surface area contributed by atoms with Crippen molar-refractivity contribution in [2.75, 3.05) is 6.61 Å². The fraction of sp³-hybridized carbons (Fsp3) is 0.967. The van der Waals surface area contributed by atoms with Crippen molar-refractivity contribution in [2.45, 2.75) is 157 Å². The highest BCUT2D eigenvalue weighted by atomic mass is 16.5. The predicted molar refractivity (Wildman–Crippen MR) is 147 cm³/mol. The minimum atomic E-state index is -1.27. The van der Waals surface area contributed by atoms with E-state index in [-0.39, 0.29) is 52.7 Å². The van der Waals surface area contributed by atoms with Crippen LogP contribution in [-0.4, -0.2) is 70.0 Å². The molecule has 1 saturated carbocycles. The summed E-state index contributed by atoms with van der Waals surface area (Å²) in [6, 6.07) is -0.295. The first-order valence-electron chi connectivity index (χ1n) is 14.1. The van der Waals surface area contributed by atoms with Gasteiger partial charge >= 0.3 is 0 Å². The van der Waals surface area contributed by atoms with Crippen molar-refractivity contribution < 1.29 is 29.6 Å². The van der Waals surface area contributed by atoms with Crippen molar-refractivity contribution in [3.05, 3.63) is 0 Å². The number of ether oxygens (including phenoxy) is 2. The normalized spacial score (nSPS) is 36.3. The van der Waals surface area contributed by atoms with Crippen LogP contribution in [0.15, 0.2) is 0 Å². The Morgan fingerprint density at radius 3 is 2.08 bits per heavy atom. The molecular formula is C30H57NO6. The van der Waals surface area contributed by atoms with E-state index in [1.165, 1.54) is 0 Å². The fourth-order valence-corrected chi connectivity index (χ4v) is 6.94. The molecule has 1 aliphatic carbocycles. The van der Waals surface area contributed by atoms with E-state index in [0.717, 1.165) is 12.8 Å². The second kappa shape index (κ2) is 11.4. The van der Waals surface area contributed by atoms with Crippen molar-refractivity contribution in [1.29, 1.82) is 0 Å². The van der Waals surface area contributed by atoms with Gasteiger partial charge in [-0.2, -0.15) is 0 Å². The van der Waals surface area contributed by atoms with E-state index in [1.807, 2.05) is 13.8 Å². The molecule has 0 aromatic rings. The topological polar surface area (TPSA) is 108 Å². The second-order valence-electron chi connectivity index (χ2n) is 16.2. The fourth-order valence-electron chi connectivity index (χ4n) is 6.94. The molecule has 0 spiro atoms. The number of hydrogen-bond donors (Lipinski definition) is 4. The number of nitrogens with one attached hydrogen (secondary N) is 1. The smallest absolute Gasteiger partial charge is 0.223 e. The Morgan fingerprint density at radius 2 is 1.54 bits per heavy atom. The number of amides is 1. The molecule has 7 unspecified atom stereocenters. The van der Waals surface area contributed by atoms with E-state index < -0.39 is 30.0 Å². The van der Waals surface area contributed by atoms with Gasteiger partial charge in [0.05, 0.1) is 43.0 Å². The molecule has 0 bridgehead atoms. The van der Waals surface area contributed by atoms with Gasteiger partial charge in [0.25, 0.3) is 0 Å². The zero-order valence-electron chi connectivity index (χ0n) is 25.5. The third-order valence-corrected chi connectivity index (χ3v) is 7.74. The van der Waals surface area contributed by atoms with Crippen molar-refractivity contribution in [1.82, 2.24) is 5.32 Å². The Bertz CT molecular complexity index is 767. The maximum absolute atomic E-state index is 13.1. The first kappa shape index (κ1) is 32.5. The standard InChI is InChI=1S/C30H57NO6/c1-26(2,3)17-29(9,10)22-12-19(31-23(33)15-30(11,37-22)18-27(4,5)6)16-36-21-14-28(7,8)13-20(32)24(34)25(21)35/h19-22,24-25,32,34-35H,12-18H2,1-11H3,(H,31,33). The Morgan fingerprint density at radius 1 is 0.946 bits per heavy atom. The number of aliphatic hydroxyl groups is 3. The lowest BCUT2D eigenvalue weighted by atomic mass is 9.70. The van der Waals surface area contributed by atoms with E-state index in [0.29, 0.717) is 19.3 Å². The lowest BCUT2D eigenvalue weighted by molar-refractivity contribution is -0.173. The van der Waals surface area contributed by atoms with Crippen LogP contribution in [0.5, 0.6) is 0 Å². The number of carbonyl (C=O) groups is 1. The lowest BCUT2D eigenvalue weighted by Crippen LogP contribution is -2.54. The number of hydrogen-bond acceptors (Lipinski definition) is 6. The van der Waals surface area contributed by atoms with E-state index in [1.54, 1.807) is 0 Å². The molecule has 1 saturated heterocycles. The molecule has 7 atom stereocenters. The molecule has 7 heteroatoms. The van der Waals surface area contributed by atoms with Crippen LogP contribution in [0.4, 0.5) is 0 Å².